The lowest BCUT2D eigenvalue weighted by atomic mass is 9.79. The highest BCUT2D eigenvalue weighted by Crippen LogP contribution is 2.41. The first kappa shape index (κ1) is 20.8. The quantitative estimate of drug-likeness (QED) is 0.688. The molecule has 0 unspecified atom stereocenters. The molecule has 4 heterocycles. The number of pyridine rings is 1. The lowest BCUT2D eigenvalue weighted by Crippen LogP contribution is -2.53. The number of rotatable bonds is 3. The first-order chi connectivity index (χ1) is 15.0. The van der Waals surface area contributed by atoms with Crippen molar-refractivity contribution >= 4 is 17.7 Å². The third-order valence-corrected chi connectivity index (χ3v) is 8.19. The minimum atomic E-state index is 0.136. The molecule has 6 heteroatoms. The molecule has 2 saturated heterocycles. The molecule has 31 heavy (non-hydrogen) atoms. The summed E-state index contributed by atoms with van der Waals surface area (Å²) in [5.74, 6) is 1.12. The number of hydrogen-bond donors (Lipinski definition) is 0. The van der Waals surface area contributed by atoms with Crippen LogP contribution < -0.4 is 5.56 Å². The van der Waals surface area contributed by atoms with Crippen LogP contribution >= 0.6 is 11.8 Å². The van der Waals surface area contributed by atoms with E-state index in [0.29, 0.717) is 17.9 Å². The van der Waals surface area contributed by atoms with Crippen molar-refractivity contribution in [3.05, 3.63) is 52.4 Å². The first-order valence-electron chi connectivity index (χ1n) is 11.4. The average Bonchev–Trinajstić information content (AvgIpc) is 2.80. The Labute approximate surface area is 188 Å². The molecule has 1 amide bonds. The summed E-state index contributed by atoms with van der Waals surface area (Å²) in [5.41, 5.74) is 3.78. The molecule has 0 N–H and O–H groups in total. The smallest absolute Gasteiger partial charge is 0.250 e. The van der Waals surface area contributed by atoms with Crippen LogP contribution in [0.5, 0.6) is 0 Å². The number of aromatic nitrogens is 1. The first-order valence-corrected chi connectivity index (χ1v) is 12.6. The third-order valence-electron chi connectivity index (χ3n) is 7.45. The summed E-state index contributed by atoms with van der Waals surface area (Å²) in [6.45, 7) is 6.32. The van der Waals surface area contributed by atoms with Crippen molar-refractivity contribution in [2.45, 2.75) is 49.6 Å². The molecule has 5 rings (SSSR count). The number of hydrogen-bond acceptors (Lipinski definition) is 4. The fourth-order valence-electron chi connectivity index (χ4n) is 5.91. The maximum absolute atomic E-state index is 12.8. The van der Waals surface area contributed by atoms with Crippen molar-refractivity contribution in [2.75, 3.05) is 32.4 Å². The van der Waals surface area contributed by atoms with Gasteiger partial charge < -0.3 is 9.47 Å². The van der Waals surface area contributed by atoms with Gasteiger partial charge in [-0.25, -0.2) is 0 Å². The molecule has 2 bridgehead atoms. The van der Waals surface area contributed by atoms with Crippen molar-refractivity contribution in [2.24, 2.45) is 5.92 Å². The molecular weight excluding hydrogens is 406 g/mol. The van der Waals surface area contributed by atoms with Gasteiger partial charge in [-0.15, -0.1) is 11.8 Å². The Balaban J connectivity index is 1.43. The van der Waals surface area contributed by atoms with Gasteiger partial charge in [0, 0.05) is 73.8 Å². The van der Waals surface area contributed by atoms with E-state index in [1.54, 1.807) is 24.8 Å². The van der Waals surface area contributed by atoms with E-state index < -0.39 is 0 Å². The second-order valence-electron chi connectivity index (χ2n) is 9.30. The Kier molecular flexibility index (Phi) is 5.69. The Morgan fingerprint density at radius 2 is 1.74 bits per heavy atom. The lowest BCUT2D eigenvalue weighted by Gasteiger charge is -2.48. The van der Waals surface area contributed by atoms with E-state index in [0.717, 1.165) is 45.6 Å². The Morgan fingerprint density at radius 3 is 2.42 bits per heavy atom. The zero-order chi connectivity index (χ0) is 21.5. The van der Waals surface area contributed by atoms with Crippen LogP contribution in [0.25, 0.3) is 11.1 Å². The van der Waals surface area contributed by atoms with Gasteiger partial charge in [0.1, 0.15) is 0 Å². The van der Waals surface area contributed by atoms with Crippen molar-refractivity contribution in [3.63, 3.8) is 0 Å². The second kappa shape index (κ2) is 8.47. The van der Waals surface area contributed by atoms with Crippen LogP contribution in [0.4, 0.5) is 0 Å². The van der Waals surface area contributed by atoms with E-state index in [1.165, 1.54) is 28.1 Å². The molecule has 0 radical (unpaired) electrons. The third kappa shape index (κ3) is 3.96. The van der Waals surface area contributed by atoms with Crippen LogP contribution in [0, 0.1) is 5.92 Å². The summed E-state index contributed by atoms with van der Waals surface area (Å²) in [4.78, 5) is 30.4. The zero-order valence-corrected chi connectivity index (χ0v) is 19.2. The monoisotopic (exact) mass is 437 g/mol. The van der Waals surface area contributed by atoms with Crippen LogP contribution in [0.3, 0.4) is 0 Å². The van der Waals surface area contributed by atoms with Crippen LogP contribution in [0.2, 0.25) is 0 Å². The fraction of sp³-hybridized carbons (Fsp3) is 0.520. The lowest BCUT2D eigenvalue weighted by molar-refractivity contribution is -0.130. The van der Waals surface area contributed by atoms with Gasteiger partial charge in [0.15, 0.2) is 0 Å². The van der Waals surface area contributed by atoms with Crippen LogP contribution in [0.15, 0.2) is 46.1 Å². The van der Waals surface area contributed by atoms with E-state index in [2.05, 4.69) is 40.0 Å². The van der Waals surface area contributed by atoms with Gasteiger partial charge in [-0.2, -0.15) is 0 Å². The van der Waals surface area contributed by atoms with Crippen LogP contribution in [-0.4, -0.2) is 58.8 Å². The van der Waals surface area contributed by atoms with Gasteiger partial charge in [0.05, 0.1) is 0 Å². The van der Waals surface area contributed by atoms with Gasteiger partial charge in [0.25, 0.3) is 5.56 Å². The predicted molar refractivity (Wildman–Crippen MR) is 126 cm³/mol. The zero-order valence-electron chi connectivity index (χ0n) is 18.4. The second-order valence-corrected chi connectivity index (χ2v) is 10.2. The van der Waals surface area contributed by atoms with E-state index in [1.807, 2.05) is 11.0 Å². The molecule has 3 aliphatic rings. The molecule has 164 valence electrons. The highest BCUT2D eigenvalue weighted by Gasteiger charge is 2.39. The van der Waals surface area contributed by atoms with Crippen LogP contribution in [0.1, 0.15) is 37.8 Å². The van der Waals surface area contributed by atoms with Gasteiger partial charge in [-0.1, -0.05) is 12.1 Å². The minimum Gasteiger partial charge on any atom is -0.343 e. The molecule has 1 aromatic carbocycles. The number of amides is 1. The van der Waals surface area contributed by atoms with Crippen molar-refractivity contribution in [1.29, 1.82) is 0 Å². The Bertz CT molecular complexity index is 1020. The van der Waals surface area contributed by atoms with Gasteiger partial charge in [-0.05, 0) is 55.2 Å². The SMILES string of the molecule is CSc1ccc(-c2ccc(=O)n3c2[C@@H]2C[C@@H](CN(C4CCN(C(C)=O)CC4)C2)C3)cc1. The van der Waals surface area contributed by atoms with E-state index >= 15 is 0 Å². The molecule has 2 aromatic rings. The van der Waals surface area contributed by atoms with Gasteiger partial charge in [-0.3, -0.25) is 14.5 Å². The van der Waals surface area contributed by atoms with E-state index in [4.69, 9.17) is 0 Å². The largest absolute Gasteiger partial charge is 0.343 e. The van der Waals surface area contributed by atoms with Crippen molar-refractivity contribution in [3.8, 4) is 11.1 Å². The standard InChI is InChI=1S/C25H31N3O2S/c1-17(29)26-11-9-21(10-12-26)27-14-18-13-20(16-27)25-23(7-8-24(30)28(25)15-18)19-3-5-22(31-2)6-4-19/h3-8,18,20-21H,9-16H2,1-2H3/t18-,20+/m0/s1. The number of nitrogens with zero attached hydrogens (tertiary/aromatic N) is 3. The Morgan fingerprint density at radius 1 is 1.00 bits per heavy atom. The molecule has 0 saturated carbocycles. The summed E-state index contributed by atoms with van der Waals surface area (Å²) in [6.07, 6.45) is 5.38. The number of thioether (sulfide) groups is 1. The highest BCUT2D eigenvalue weighted by atomic mass is 32.2. The molecule has 5 nitrogen and oxygen atoms in total. The molecule has 2 fully saturated rings. The number of carbonyl (C=O) groups excluding carboxylic acids is 1. The maximum atomic E-state index is 12.8. The summed E-state index contributed by atoms with van der Waals surface area (Å²) < 4.78 is 2.06. The number of carbonyl (C=O) groups is 1. The number of fused-ring (bicyclic) bond motifs is 4. The molecule has 2 atom stereocenters. The van der Waals surface area contributed by atoms with E-state index in [-0.39, 0.29) is 11.5 Å². The molecule has 1 aromatic heterocycles. The average molecular weight is 438 g/mol. The fourth-order valence-corrected chi connectivity index (χ4v) is 6.32. The summed E-state index contributed by atoms with van der Waals surface area (Å²) >= 11 is 1.75. The molecule has 0 aliphatic carbocycles. The number of piperidine rings is 2. The Hall–Kier alpha value is -2.05. The van der Waals surface area contributed by atoms with Gasteiger partial charge >= 0.3 is 0 Å². The van der Waals surface area contributed by atoms with Crippen LogP contribution in [-0.2, 0) is 11.3 Å². The highest BCUT2D eigenvalue weighted by molar-refractivity contribution is 7.98. The topological polar surface area (TPSA) is 45.6 Å². The normalized spacial score (nSPS) is 24.1. The summed E-state index contributed by atoms with van der Waals surface area (Å²) in [5, 5.41) is 0. The van der Waals surface area contributed by atoms with Crippen molar-refractivity contribution in [1.82, 2.24) is 14.4 Å². The maximum Gasteiger partial charge on any atom is 0.250 e. The van der Waals surface area contributed by atoms with Gasteiger partial charge in [0.2, 0.25) is 5.91 Å². The number of benzene rings is 1. The number of likely N-dealkylation sites (tertiary alicyclic amines) is 2. The molecular formula is C25H31N3O2S. The van der Waals surface area contributed by atoms with Crippen molar-refractivity contribution < 1.29 is 4.79 Å². The molecule has 0 spiro atoms. The summed E-state index contributed by atoms with van der Waals surface area (Å²) in [6, 6.07) is 13.1. The molecule has 3 aliphatic heterocycles. The van der Waals surface area contributed by atoms with E-state index in [9.17, 15) is 9.59 Å². The minimum absolute atomic E-state index is 0.136. The summed E-state index contributed by atoms with van der Waals surface area (Å²) in [7, 11) is 0. The predicted octanol–water partition coefficient (Wildman–Crippen LogP) is 3.67.